The molecule has 0 spiro atoms. The zero-order chi connectivity index (χ0) is 13.8. The average Bonchev–Trinajstić information content (AvgIpc) is 2.40. The Kier molecular flexibility index (Phi) is 4.12. The van der Waals surface area contributed by atoms with Gasteiger partial charge in [0, 0.05) is 11.6 Å². The van der Waals surface area contributed by atoms with Gasteiger partial charge in [0.1, 0.15) is 11.6 Å². The van der Waals surface area contributed by atoms with E-state index in [0.717, 1.165) is 11.6 Å². The Hall–Kier alpha value is -1.94. The number of carbonyl (C=O) groups is 1. The maximum Gasteiger partial charge on any atom is 0.254 e. The van der Waals surface area contributed by atoms with Crippen molar-refractivity contribution >= 4 is 17.5 Å². The van der Waals surface area contributed by atoms with E-state index in [-0.39, 0.29) is 22.9 Å². The van der Waals surface area contributed by atoms with Crippen molar-refractivity contribution in [3.63, 3.8) is 0 Å². The third kappa shape index (κ3) is 3.51. The van der Waals surface area contributed by atoms with Crippen LogP contribution < -0.4 is 5.32 Å². The van der Waals surface area contributed by atoms with Crippen molar-refractivity contribution in [3.05, 3.63) is 70.2 Å². The Morgan fingerprint density at radius 2 is 1.79 bits per heavy atom. The molecule has 0 radical (unpaired) electrons. The standard InChI is InChI=1S/C14H10ClF2NO/c15-10-3-6-13(17)12(7-10)14(19)18-8-9-1-4-11(16)5-2-9/h1-7H,8H2,(H,18,19). The van der Waals surface area contributed by atoms with E-state index < -0.39 is 11.7 Å². The normalized spacial score (nSPS) is 10.3. The molecule has 0 heterocycles. The fraction of sp³-hybridized carbons (Fsp3) is 0.0714. The third-order valence-electron chi connectivity index (χ3n) is 2.54. The van der Waals surface area contributed by atoms with Gasteiger partial charge >= 0.3 is 0 Å². The van der Waals surface area contributed by atoms with Gasteiger partial charge in [0.15, 0.2) is 0 Å². The van der Waals surface area contributed by atoms with Gasteiger partial charge in [-0.25, -0.2) is 8.78 Å². The zero-order valence-electron chi connectivity index (χ0n) is 9.79. The maximum absolute atomic E-state index is 13.4. The van der Waals surface area contributed by atoms with Gasteiger partial charge in [0.25, 0.3) is 5.91 Å². The van der Waals surface area contributed by atoms with Gasteiger partial charge in [-0.05, 0) is 35.9 Å². The van der Waals surface area contributed by atoms with Crippen LogP contribution in [-0.4, -0.2) is 5.91 Å². The Bertz CT molecular complexity index is 599. The van der Waals surface area contributed by atoms with Crippen molar-refractivity contribution in [2.75, 3.05) is 0 Å². The summed E-state index contributed by atoms with van der Waals surface area (Å²) in [6, 6.07) is 9.44. The monoisotopic (exact) mass is 281 g/mol. The van der Waals surface area contributed by atoms with E-state index >= 15 is 0 Å². The smallest absolute Gasteiger partial charge is 0.254 e. The van der Waals surface area contributed by atoms with E-state index in [2.05, 4.69) is 5.32 Å². The second-order valence-electron chi connectivity index (χ2n) is 3.93. The molecule has 0 aliphatic carbocycles. The number of amides is 1. The van der Waals surface area contributed by atoms with E-state index in [1.807, 2.05) is 0 Å². The second-order valence-corrected chi connectivity index (χ2v) is 4.37. The summed E-state index contributed by atoms with van der Waals surface area (Å²) in [5, 5.41) is 2.83. The summed E-state index contributed by atoms with van der Waals surface area (Å²) in [7, 11) is 0. The van der Waals surface area contributed by atoms with E-state index in [9.17, 15) is 13.6 Å². The first kappa shape index (κ1) is 13.5. The van der Waals surface area contributed by atoms with Gasteiger partial charge < -0.3 is 5.32 Å². The van der Waals surface area contributed by atoms with E-state index in [0.29, 0.717) is 0 Å². The number of hydrogen-bond donors (Lipinski definition) is 1. The summed E-state index contributed by atoms with van der Waals surface area (Å²) in [4.78, 5) is 11.8. The first-order valence-corrected chi connectivity index (χ1v) is 5.92. The molecule has 1 amide bonds. The summed E-state index contributed by atoms with van der Waals surface area (Å²) < 4.78 is 26.1. The molecule has 0 saturated carbocycles. The minimum atomic E-state index is -0.638. The van der Waals surface area contributed by atoms with E-state index in [4.69, 9.17) is 11.6 Å². The fourth-order valence-electron chi connectivity index (χ4n) is 1.55. The van der Waals surface area contributed by atoms with Gasteiger partial charge in [0.2, 0.25) is 0 Å². The lowest BCUT2D eigenvalue weighted by molar-refractivity contribution is 0.0947. The first-order chi connectivity index (χ1) is 9.06. The summed E-state index contributed by atoms with van der Waals surface area (Å²) in [6.07, 6.45) is 0. The molecule has 1 N–H and O–H groups in total. The van der Waals surface area contributed by atoms with Crippen molar-refractivity contribution in [1.29, 1.82) is 0 Å². The lowest BCUT2D eigenvalue weighted by Crippen LogP contribution is -2.23. The molecule has 2 nitrogen and oxygen atoms in total. The largest absolute Gasteiger partial charge is 0.348 e. The Balaban J connectivity index is 2.05. The number of halogens is 3. The van der Waals surface area contributed by atoms with Gasteiger partial charge in [-0.1, -0.05) is 23.7 Å². The molecule has 98 valence electrons. The molecule has 0 unspecified atom stereocenters. The molecule has 0 aliphatic rings. The quantitative estimate of drug-likeness (QED) is 0.916. The van der Waals surface area contributed by atoms with Crippen molar-refractivity contribution < 1.29 is 13.6 Å². The molecule has 0 bridgehead atoms. The second kappa shape index (κ2) is 5.80. The highest BCUT2D eigenvalue weighted by molar-refractivity contribution is 6.30. The molecule has 0 aliphatic heterocycles. The van der Waals surface area contributed by atoms with Crippen LogP contribution in [0.15, 0.2) is 42.5 Å². The zero-order valence-corrected chi connectivity index (χ0v) is 10.5. The number of hydrogen-bond acceptors (Lipinski definition) is 1. The number of benzene rings is 2. The van der Waals surface area contributed by atoms with Crippen molar-refractivity contribution in [3.8, 4) is 0 Å². The predicted octanol–water partition coefficient (Wildman–Crippen LogP) is 3.55. The van der Waals surface area contributed by atoms with Crippen LogP contribution in [0.25, 0.3) is 0 Å². The molecule has 0 aromatic heterocycles. The van der Waals surface area contributed by atoms with Crippen molar-refractivity contribution in [1.82, 2.24) is 5.32 Å². The average molecular weight is 282 g/mol. The molecular formula is C14H10ClF2NO. The van der Waals surface area contributed by atoms with Gasteiger partial charge in [-0.2, -0.15) is 0 Å². The Morgan fingerprint density at radius 1 is 1.11 bits per heavy atom. The Morgan fingerprint density at radius 3 is 2.47 bits per heavy atom. The lowest BCUT2D eigenvalue weighted by atomic mass is 10.2. The molecular weight excluding hydrogens is 272 g/mol. The SMILES string of the molecule is O=C(NCc1ccc(F)cc1)c1cc(Cl)ccc1F. The van der Waals surface area contributed by atoms with Crippen LogP contribution in [0.4, 0.5) is 8.78 Å². The molecule has 0 atom stereocenters. The number of nitrogens with one attached hydrogen (secondary N) is 1. The van der Waals surface area contributed by atoms with E-state index in [1.165, 1.54) is 24.3 Å². The maximum atomic E-state index is 13.4. The van der Waals surface area contributed by atoms with Gasteiger partial charge in [-0.3, -0.25) is 4.79 Å². The van der Waals surface area contributed by atoms with Crippen LogP contribution >= 0.6 is 11.6 Å². The minimum Gasteiger partial charge on any atom is -0.348 e. The summed E-state index contributed by atoms with van der Waals surface area (Å²) in [6.45, 7) is 0.186. The van der Waals surface area contributed by atoms with Crippen LogP contribution in [0, 0.1) is 11.6 Å². The highest BCUT2D eigenvalue weighted by Gasteiger charge is 2.11. The topological polar surface area (TPSA) is 29.1 Å². The van der Waals surface area contributed by atoms with Crippen LogP contribution in [0.1, 0.15) is 15.9 Å². The van der Waals surface area contributed by atoms with Crippen LogP contribution in [0.3, 0.4) is 0 Å². The summed E-state index contributed by atoms with van der Waals surface area (Å²) in [5.41, 5.74) is 0.604. The summed E-state index contributed by atoms with van der Waals surface area (Å²) in [5.74, 6) is -1.55. The van der Waals surface area contributed by atoms with Crippen LogP contribution in [-0.2, 0) is 6.54 Å². The highest BCUT2D eigenvalue weighted by atomic mass is 35.5. The summed E-state index contributed by atoms with van der Waals surface area (Å²) >= 11 is 5.71. The fourth-order valence-corrected chi connectivity index (χ4v) is 1.72. The molecule has 2 aromatic carbocycles. The predicted molar refractivity (Wildman–Crippen MR) is 69.0 cm³/mol. The van der Waals surface area contributed by atoms with Crippen LogP contribution in [0.2, 0.25) is 5.02 Å². The van der Waals surface area contributed by atoms with Crippen molar-refractivity contribution in [2.45, 2.75) is 6.54 Å². The Labute approximate surface area is 114 Å². The minimum absolute atomic E-state index is 0.116. The molecule has 5 heteroatoms. The van der Waals surface area contributed by atoms with Crippen molar-refractivity contribution in [2.24, 2.45) is 0 Å². The van der Waals surface area contributed by atoms with E-state index in [1.54, 1.807) is 12.1 Å². The number of carbonyl (C=O) groups excluding carboxylic acids is 1. The van der Waals surface area contributed by atoms with Crippen LogP contribution in [0.5, 0.6) is 0 Å². The highest BCUT2D eigenvalue weighted by Crippen LogP contribution is 2.15. The lowest BCUT2D eigenvalue weighted by Gasteiger charge is -2.06. The number of rotatable bonds is 3. The first-order valence-electron chi connectivity index (χ1n) is 5.54. The molecule has 19 heavy (non-hydrogen) atoms. The molecule has 2 aromatic rings. The van der Waals surface area contributed by atoms with Gasteiger partial charge in [0.05, 0.1) is 5.56 Å². The molecule has 0 saturated heterocycles. The molecule has 0 fully saturated rings. The van der Waals surface area contributed by atoms with Gasteiger partial charge in [-0.15, -0.1) is 0 Å². The molecule has 2 rings (SSSR count). The third-order valence-corrected chi connectivity index (χ3v) is 2.77.